The molecule has 11 nitrogen and oxygen atoms in total. The molecule has 0 radical (unpaired) electrons. The van der Waals surface area contributed by atoms with Crippen LogP contribution in [0, 0.1) is 36.0 Å². The molecule has 1 N–H and O–H groups in total. The first-order chi connectivity index (χ1) is 30.1. The lowest BCUT2D eigenvalue weighted by atomic mass is 9.51. The Hall–Kier alpha value is -5.41. The van der Waals surface area contributed by atoms with Crippen molar-refractivity contribution < 1.29 is 33.8 Å². The molecule has 6 aromatic rings. The number of thiophene rings is 1. The third kappa shape index (κ3) is 6.08. The largest absolute Gasteiger partial charge is 0.503 e. The minimum atomic E-state index is -1.39. The first-order valence-corrected chi connectivity index (χ1v) is 23.1. The van der Waals surface area contributed by atoms with E-state index in [0.717, 1.165) is 26.1 Å². The van der Waals surface area contributed by atoms with E-state index < -0.39 is 52.7 Å². The van der Waals surface area contributed by atoms with Crippen LogP contribution in [0.15, 0.2) is 106 Å². The number of allylic oxidation sites excluding steroid dienone is 2. The van der Waals surface area contributed by atoms with E-state index in [1.54, 1.807) is 90.7 Å². The number of amides is 4. The molecule has 6 atom stereocenters. The molecule has 4 amide bonds. The number of aromatic hydroxyl groups is 1. The zero-order valence-corrected chi connectivity index (χ0v) is 38.9. The van der Waals surface area contributed by atoms with Crippen LogP contribution in [0.5, 0.6) is 11.5 Å². The number of fused-ring (bicyclic) bond motifs is 5. The van der Waals surface area contributed by atoms with E-state index in [2.05, 4.69) is 31.9 Å². The summed E-state index contributed by atoms with van der Waals surface area (Å²) in [4.78, 5) is 76.2. The summed E-state index contributed by atoms with van der Waals surface area (Å²) in [6.45, 7) is 3.79. The quantitative estimate of drug-likeness (QED) is 0.0948. The van der Waals surface area contributed by atoms with Gasteiger partial charge in [0.25, 0.3) is 0 Å². The standard InChI is InChI=1S/C48H37Br2ClN4O7S/c1-22-29-18-25(51)12-17-35(29)63-43(22)33-21-36(53(3)52-33)55-45(59)32-19-30-27(38(48(32,2)47(55)61)31-20-34(62-4)42(57)40(50)39(31)49)15-16-28-37(30)46(60)54(44(28)58)26-13-10-24(11-14-26)41(56)23-8-6-5-7-9-23/h5-15,17-18,20-21,28,30,32,37-38,57H,16,19H2,1-4H3/t28-,30+,32-,37-,38+,48+/m0/s1. The van der Waals surface area contributed by atoms with Crippen molar-refractivity contribution in [3.8, 4) is 22.1 Å². The SMILES string of the molecule is COc1cc([C@H]2C3=CC[C@@H]4C(=O)N(c5ccc(C(=O)c6ccccc6)cc5)C(=O)[C@@H]4[C@@H]3C[C@H]3C(=O)N(c4cc(-c5sc6ccc(Cl)cc6c5C)nn4C)C(=O)[C@@]23C)c(Br)c(Br)c1O. The second-order valence-corrected chi connectivity index (χ2v) is 19.8. The number of ether oxygens (including phenoxy) is 1. The summed E-state index contributed by atoms with van der Waals surface area (Å²) in [5, 5.41) is 17.5. The molecule has 1 saturated carbocycles. The van der Waals surface area contributed by atoms with Crippen LogP contribution in [0.4, 0.5) is 11.5 Å². The second-order valence-electron chi connectivity index (χ2n) is 16.8. The highest BCUT2D eigenvalue weighted by Gasteiger charge is 2.68. The van der Waals surface area contributed by atoms with E-state index in [0.29, 0.717) is 47.9 Å². The number of benzene rings is 4. The molecule has 2 aromatic heterocycles. The van der Waals surface area contributed by atoms with Gasteiger partial charge in [0.05, 0.1) is 45.3 Å². The lowest BCUT2D eigenvalue weighted by molar-refractivity contribution is -0.131. The zero-order chi connectivity index (χ0) is 44.4. The van der Waals surface area contributed by atoms with Crippen LogP contribution in [0.1, 0.15) is 52.7 Å². The van der Waals surface area contributed by atoms with Gasteiger partial charge in [-0.25, -0.2) is 4.90 Å². The minimum Gasteiger partial charge on any atom is -0.503 e. The van der Waals surface area contributed by atoms with E-state index in [1.165, 1.54) is 16.9 Å². The minimum absolute atomic E-state index is 0.132. The number of halogens is 3. The fourth-order valence-electron chi connectivity index (χ4n) is 10.5. The number of carbonyl (C=O) groups is 5. The van der Waals surface area contributed by atoms with Crippen molar-refractivity contribution in [3.05, 3.63) is 133 Å². The Morgan fingerprint density at radius 2 is 1.62 bits per heavy atom. The molecule has 2 aliphatic carbocycles. The van der Waals surface area contributed by atoms with Crippen molar-refractivity contribution in [2.45, 2.75) is 32.6 Å². The van der Waals surface area contributed by atoms with Crippen molar-refractivity contribution >= 4 is 106 Å². The summed E-state index contributed by atoms with van der Waals surface area (Å²) < 4.78 is 8.94. The van der Waals surface area contributed by atoms with Gasteiger partial charge in [-0.1, -0.05) is 53.6 Å². The van der Waals surface area contributed by atoms with Crippen LogP contribution < -0.4 is 14.5 Å². The predicted octanol–water partition coefficient (Wildman–Crippen LogP) is 10.2. The fourth-order valence-corrected chi connectivity index (χ4v) is 12.8. The van der Waals surface area contributed by atoms with E-state index in [-0.39, 0.29) is 36.0 Å². The predicted molar refractivity (Wildman–Crippen MR) is 247 cm³/mol. The Morgan fingerprint density at radius 3 is 2.33 bits per heavy atom. The molecule has 4 aliphatic rings. The molecule has 3 fully saturated rings. The Kier molecular flexibility index (Phi) is 9.97. The number of nitrogens with zero attached hydrogens (tertiary/aromatic N) is 4. The van der Waals surface area contributed by atoms with Crippen molar-refractivity contribution in [1.82, 2.24) is 9.78 Å². The molecular weight excluding hydrogens is 972 g/mol. The molecule has 318 valence electrons. The maximum absolute atomic E-state index is 15.4. The zero-order valence-electron chi connectivity index (χ0n) is 34.2. The molecule has 0 unspecified atom stereocenters. The van der Waals surface area contributed by atoms with Gasteiger partial charge in [0.2, 0.25) is 23.6 Å². The number of aromatic nitrogens is 2. The summed E-state index contributed by atoms with van der Waals surface area (Å²) >= 11 is 15.1. The second kappa shape index (κ2) is 15.1. The number of carbonyl (C=O) groups excluding carboxylic acids is 5. The average molecular weight is 1010 g/mol. The highest BCUT2D eigenvalue weighted by molar-refractivity contribution is 9.13. The van der Waals surface area contributed by atoms with E-state index in [4.69, 9.17) is 21.4 Å². The molecule has 4 aromatic carbocycles. The van der Waals surface area contributed by atoms with Crippen molar-refractivity contribution in [3.63, 3.8) is 0 Å². The first kappa shape index (κ1) is 41.6. The van der Waals surface area contributed by atoms with Gasteiger partial charge in [0, 0.05) is 44.4 Å². The summed E-state index contributed by atoms with van der Waals surface area (Å²) in [7, 11) is 3.13. The van der Waals surface area contributed by atoms with E-state index in [9.17, 15) is 19.5 Å². The molecule has 0 bridgehead atoms. The number of phenolic OH excluding ortho intramolecular Hbond substituents is 1. The smallest absolute Gasteiger partial charge is 0.242 e. The van der Waals surface area contributed by atoms with Crippen LogP contribution in [0.3, 0.4) is 0 Å². The third-order valence-corrected chi connectivity index (χ3v) is 17.3. The monoisotopic (exact) mass is 1010 g/mol. The van der Waals surface area contributed by atoms with Gasteiger partial charge in [-0.3, -0.25) is 33.6 Å². The van der Waals surface area contributed by atoms with Gasteiger partial charge in [0.1, 0.15) is 11.5 Å². The summed E-state index contributed by atoms with van der Waals surface area (Å²) in [5.74, 6) is -5.40. The number of imide groups is 2. The number of aryl methyl sites for hydroxylation is 2. The van der Waals surface area contributed by atoms with Crippen LogP contribution in [-0.2, 0) is 26.2 Å². The van der Waals surface area contributed by atoms with E-state index in [1.807, 2.05) is 37.3 Å². The van der Waals surface area contributed by atoms with Crippen molar-refractivity contribution in [1.29, 1.82) is 0 Å². The Balaban J connectivity index is 1.06. The maximum atomic E-state index is 15.4. The summed E-state index contributed by atoms with van der Waals surface area (Å²) in [6, 6.07) is 24.5. The molecule has 0 spiro atoms. The van der Waals surface area contributed by atoms with E-state index >= 15 is 9.59 Å². The van der Waals surface area contributed by atoms with Crippen LogP contribution >= 0.6 is 54.8 Å². The third-order valence-electron chi connectivity index (χ3n) is 13.6. The Morgan fingerprint density at radius 1 is 0.905 bits per heavy atom. The average Bonchev–Trinajstić information content (AvgIpc) is 3.96. The van der Waals surface area contributed by atoms with Crippen LogP contribution in [-0.4, -0.2) is 51.4 Å². The first-order valence-electron chi connectivity index (χ1n) is 20.3. The number of anilines is 2. The fraction of sp³-hybridized carbons (Fsp3) is 0.250. The molecular formula is C48H37Br2ClN4O7S. The van der Waals surface area contributed by atoms with Crippen molar-refractivity contribution in [2.75, 3.05) is 16.9 Å². The van der Waals surface area contributed by atoms with Gasteiger partial charge >= 0.3 is 0 Å². The van der Waals surface area contributed by atoms with Crippen LogP contribution in [0.25, 0.3) is 20.7 Å². The van der Waals surface area contributed by atoms with Gasteiger partial charge in [0.15, 0.2) is 17.3 Å². The lowest BCUT2D eigenvalue weighted by Crippen LogP contribution is -2.49. The Labute approximate surface area is 387 Å². The lowest BCUT2D eigenvalue weighted by Gasteiger charge is -2.49. The molecule has 2 saturated heterocycles. The number of ketones is 1. The maximum Gasteiger partial charge on any atom is 0.242 e. The van der Waals surface area contributed by atoms with Crippen molar-refractivity contribution in [2.24, 2.45) is 36.1 Å². The van der Waals surface area contributed by atoms with Gasteiger partial charge < -0.3 is 9.84 Å². The normalized spacial score (nSPS) is 24.2. The summed E-state index contributed by atoms with van der Waals surface area (Å²) in [6.07, 6.45) is 2.32. The van der Waals surface area contributed by atoms with Crippen LogP contribution in [0.2, 0.25) is 5.02 Å². The highest BCUT2D eigenvalue weighted by atomic mass is 79.9. The number of rotatable bonds is 7. The Bertz CT molecular complexity index is 3040. The topological polar surface area (TPSA) is 139 Å². The summed E-state index contributed by atoms with van der Waals surface area (Å²) in [5.41, 5.74) is 2.80. The molecule has 63 heavy (non-hydrogen) atoms. The molecule has 2 aliphatic heterocycles. The number of methoxy groups -OCH3 is 1. The molecule has 15 heteroatoms. The van der Waals surface area contributed by atoms with Gasteiger partial charge in [-0.15, -0.1) is 11.3 Å². The number of phenols is 1. The number of hydrogen-bond donors (Lipinski definition) is 1. The molecule has 4 heterocycles. The highest BCUT2D eigenvalue weighted by Crippen LogP contribution is 2.65. The van der Waals surface area contributed by atoms with Gasteiger partial charge in [-0.2, -0.15) is 5.10 Å². The van der Waals surface area contributed by atoms with Gasteiger partial charge in [-0.05, 0) is 130 Å². The number of hydrogen-bond acceptors (Lipinski definition) is 9. The molecule has 10 rings (SSSR count).